The maximum Gasteiger partial charge on any atom is 0.193 e. The standard InChI is InChI=1S/C15H12O4/c1-19-11-8-6-10(7-9-11)14(16)12-4-2-3-5-13(12)15(17)18/h2-9H,1H3,(H,17,18)/p-1. The summed E-state index contributed by atoms with van der Waals surface area (Å²) in [5.74, 6) is -1.09. The van der Waals surface area contributed by atoms with Crippen LogP contribution in [0.25, 0.3) is 0 Å². The number of benzene rings is 2. The van der Waals surface area contributed by atoms with Crippen LogP contribution in [0.5, 0.6) is 5.75 Å². The second kappa shape index (κ2) is 5.35. The fourth-order valence-corrected chi connectivity index (χ4v) is 1.76. The van der Waals surface area contributed by atoms with Gasteiger partial charge < -0.3 is 14.6 Å². The number of rotatable bonds is 4. The third kappa shape index (κ3) is 2.63. The van der Waals surface area contributed by atoms with Crippen molar-refractivity contribution in [1.29, 1.82) is 0 Å². The van der Waals surface area contributed by atoms with Gasteiger partial charge in [-0.05, 0) is 24.3 Å². The Hall–Kier alpha value is -2.62. The average molecular weight is 255 g/mol. The van der Waals surface area contributed by atoms with Crippen molar-refractivity contribution >= 4 is 11.8 Å². The van der Waals surface area contributed by atoms with E-state index < -0.39 is 5.97 Å². The predicted molar refractivity (Wildman–Crippen MR) is 67.2 cm³/mol. The van der Waals surface area contributed by atoms with Gasteiger partial charge in [0.05, 0.1) is 13.1 Å². The number of hydrogen-bond donors (Lipinski definition) is 0. The number of hydrogen-bond acceptors (Lipinski definition) is 4. The summed E-state index contributed by atoms with van der Waals surface area (Å²) >= 11 is 0. The molecule has 2 aromatic carbocycles. The van der Waals surface area contributed by atoms with Crippen LogP contribution >= 0.6 is 0 Å². The number of carboxylic acids is 1. The lowest BCUT2D eigenvalue weighted by Crippen LogP contribution is -2.25. The lowest BCUT2D eigenvalue weighted by atomic mass is 9.98. The molecular weight excluding hydrogens is 244 g/mol. The van der Waals surface area contributed by atoms with Crippen LogP contribution in [-0.4, -0.2) is 18.9 Å². The Morgan fingerprint density at radius 2 is 1.53 bits per heavy atom. The van der Waals surface area contributed by atoms with Crippen LogP contribution in [-0.2, 0) is 0 Å². The molecular formula is C15H11O4-. The third-order valence-corrected chi connectivity index (χ3v) is 2.74. The highest BCUT2D eigenvalue weighted by molar-refractivity contribution is 6.13. The van der Waals surface area contributed by atoms with Gasteiger partial charge in [0.15, 0.2) is 5.78 Å². The van der Waals surface area contributed by atoms with E-state index in [-0.39, 0.29) is 16.9 Å². The Morgan fingerprint density at radius 1 is 0.947 bits per heavy atom. The van der Waals surface area contributed by atoms with Crippen molar-refractivity contribution in [2.75, 3.05) is 7.11 Å². The van der Waals surface area contributed by atoms with Gasteiger partial charge in [-0.3, -0.25) is 4.79 Å². The molecule has 0 spiro atoms. The number of ether oxygens (including phenoxy) is 1. The average Bonchev–Trinajstić information content (AvgIpc) is 2.46. The first-order valence-corrected chi connectivity index (χ1v) is 5.62. The van der Waals surface area contributed by atoms with Gasteiger partial charge >= 0.3 is 0 Å². The second-order valence-corrected chi connectivity index (χ2v) is 3.89. The number of methoxy groups -OCH3 is 1. The van der Waals surface area contributed by atoms with E-state index in [2.05, 4.69) is 0 Å². The van der Waals surface area contributed by atoms with Gasteiger partial charge in [-0.15, -0.1) is 0 Å². The molecule has 0 heterocycles. The Kier molecular flexibility index (Phi) is 3.61. The summed E-state index contributed by atoms with van der Waals surface area (Å²) in [5, 5.41) is 11.0. The Labute approximate surface area is 110 Å². The van der Waals surface area contributed by atoms with Gasteiger partial charge in [-0.2, -0.15) is 0 Å². The molecule has 0 fully saturated rings. The van der Waals surface area contributed by atoms with Crippen LogP contribution in [0.4, 0.5) is 0 Å². The van der Waals surface area contributed by atoms with E-state index in [0.717, 1.165) is 0 Å². The van der Waals surface area contributed by atoms with E-state index in [9.17, 15) is 14.7 Å². The van der Waals surface area contributed by atoms with E-state index in [1.54, 1.807) is 36.4 Å². The van der Waals surface area contributed by atoms with Crippen LogP contribution in [0.2, 0.25) is 0 Å². The van der Waals surface area contributed by atoms with Crippen molar-refractivity contribution in [2.24, 2.45) is 0 Å². The topological polar surface area (TPSA) is 66.4 Å². The normalized spacial score (nSPS) is 9.95. The summed E-state index contributed by atoms with van der Waals surface area (Å²) in [6.07, 6.45) is 0. The molecule has 0 aliphatic rings. The summed E-state index contributed by atoms with van der Waals surface area (Å²) in [5.41, 5.74) is 0.408. The highest BCUT2D eigenvalue weighted by atomic mass is 16.5. The van der Waals surface area contributed by atoms with E-state index in [1.807, 2.05) is 0 Å². The van der Waals surface area contributed by atoms with Crippen molar-refractivity contribution in [3.8, 4) is 5.75 Å². The van der Waals surface area contributed by atoms with Crippen molar-refractivity contribution in [1.82, 2.24) is 0 Å². The van der Waals surface area contributed by atoms with Crippen molar-refractivity contribution in [2.45, 2.75) is 0 Å². The molecule has 19 heavy (non-hydrogen) atoms. The number of carbonyl (C=O) groups excluding carboxylic acids is 2. The Balaban J connectivity index is 2.41. The van der Waals surface area contributed by atoms with Crippen LogP contribution in [0.15, 0.2) is 48.5 Å². The van der Waals surface area contributed by atoms with E-state index >= 15 is 0 Å². The molecule has 0 saturated carbocycles. The minimum Gasteiger partial charge on any atom is -0.545 e. The quantitative estimate of drug-likeness (QED) is 0.772. The number of carbonyl (C=O) groups is 2. The number of aromatic carboxylic acids is 1. The molecule has 0 aliphatic heterocycles. The largest absolute Gasteiger partial charge is 0.545 e. The van der Waals surface area contributed by atoms with Crippen LogP contribution in [0, 0.1) is 0 Å². The molecule has 4 nitrogen and oxygen atoms in total. The van der Waals surface area contributed by atoms with Gasteiger partial charge in [0.1, 0.15) is 5.75 Å². The summed E-state index contributed by atoms with van der Waals surface area (Å²) in [6.45, 7) is 0. The van der Waals surface area contributed by atoms with Gasteiger partial charge in [0, 0.05) is 16.7 Å². The van der Waals surface area contributed by atoms with Gasteiger partial charge in [-0.1, -0.05) is 24.3 Å². The van der Waals surface area contributed by atoms with E-state index in [1.165, 1.54) is 19.2 Å². The second-order valence-electron chi connectivity index (χ2n) is 3.89. The fourth-order valence-electron chi connectivity index (χ4n) is 1.76. The third-order valence-electron chi connectivity index (χ3n) is 2.74. The van der Waals surface area contributed by atoms with Crippen LogP contribution in [0.1, 0.15) is 26.3 Å². The molecule has 0 bridgehead atoms. The zero-order valence-corrected chi connectivity index (χ0v) is 10.3. The molecule has 0 aromatic heterocycles. The van der Waals surface area contributed by atoms with Crippen molar-refractivity contribution in [3.05, 3.63) is 65.2 Å². The van der Waals surface area contributed by atoms with Crippen LogP contribution in [0.3, 0.4) is 0 Å². The molecule has 2 rings (SSSR count). The maximum absolute atomic E-state index is 12.2. The zero-order chi connectivity index (χ0) is 13.8. The number of ketones is 1. The highest BCUT2D eigenvalue weighted by Gasteiger charge is 2.13. The molecule has 0 aliphatic carbocycles. The van der Waals surface area contributed by atoms with Crippen molar-refractivity contribution in [3.63, 3.8) is 0 Å². The molecule has 0 radical (unpaired) electrons. The molecule has 2 aromatic rings. The smallest absolute Gasteiger partial charge is 0.193 e. The summed E-state index contributed by atoms with van der Waals surface area (Å²) in [6, 6.07) is 12.5. The van der Waals surface area contributed by atoms with Crippen molar-refractivity contribution < 1.29 is 19.4 Å². The zero-order valence-electron chi connectivity index (χ0n) is 10.3. The molecule has 0 saturated heterocycles. The Bertz CT molecular complexity index is 614. The lowest BCUT2D eigenvalue weighted by Gasteiger charge is -2.09. The van der Waals surface area contributed by atoms with E-state index in [0.29, 0.717) is 11.3 Å². The van der Waals surface area contributed by atoms with Gasteiger partial charge in [0.2, 0.25) is 0 Å². The lowest BCUT2D eigenvalue weighted by molar-refractivity contribution is -0.255. The van der Waals surface area contributed by atoms with Gasteiger partial charge in [-0.25, -0.2) is 0 Å². The highest BCUT2D eigenvalue weighted by Crippen LogP contribution is 2.17. The summed E-state index contributed by atoms with van der Waals surface area (Å²) in [7, 11) is 1.53. The first kappa shape index (κ1) is 12.8. The van der Waals surface area contributed by atoms with Crippen LogP contribution < -0.4 is 9.84 Å². The number of carboxylic acid groups (broad SMARTS) is 1. The monoisotopic (exact) mass is 255 g/mol. The summed E-state index contributed by atoms with van der Waals surface area (Å²) < 4.78 is 5.00. The van der Waals surface area contributed by atoms with E-state index in [4.69, 9.17) is 4.74 Å². The summed E-state index contributed by atoms with van der Waals surface area (Å²) in [4.78, 5) is 23.2. The van der Waals surface area contributed by atoms with Gasteiger partial charge in [0.25, 0.3) is 0 Å². The minimum atomic E-state index is -1.36. The molecule has 4 heteroatoms. The minimum absolute atomic E-state index is 0.108. The Morgan fingerprint density at radius 3 is 2.05 bits per heavy atom. The molecule has 0 N–H and O–H groups in total. The maximum atomic E-state index is 12.2. The molecule has 0 unspecified atom stereocenters. The first-order chi connectivity index (χ1) is 9.13. The molecule has 0 amide bonds. The fraction of sp³-hybridized carbons (Fsp3) is 0.0667. The molecule has 96 valence electrons. The SMILES string of the molecule is COc1ccc(C(=O)c2ccccc2C(=O)[O-])cc1. The first-order valence-electron chi connectivity index (χ1n) is 5.62. The predicted octanol–water partition coefficient (Wildman–Crippen LogP) is 1.29. The molecule has 0 atom stereocenters.